The first-order valence-corrected chi connectivity index (χ1v) is 12.3. The van der Waals surface area contributed by atoms with Crippen LogP contribution in [0.1, 0.15) is 70.9 Å². The van der Waals surface area contributed by atoms with E-state index in [1.165, 1.54) is 22.3 Å². The van der Waals surface area contributed by atoms with Crippen LogP contribution in [0.15, 0.2) is 29.8 Å². The lowest BCUT2D eigenvalue weighted by Crippen LogP contribution is -2.49. The molecule has 1 heterocycles. The second-order valence-electron chi connectivity index (χ2n) is 11.2. The van der Waals surface area contributed by atoms with Crippen LogP contribution in [0.4, 0.5) is 4.79 Å². The van der Waals surface area contributed by atoms with Crippen LogP contribution in [0.25, 0.3) is 5.57 Å². The van der Waals surface area contributed by atoms with Crippen molar-refractivity contribution in [1.29, 1.82) is 0 Å². The van der Waals surface area contributed by atoms with Gasteiger partial charge in [0.05, 0.1) is 0 Å². The van der Waals surface area contributed by atoms with Crippen molar-refractivity contribution in [2.75, 3.05) is 20.1 Å². The summed E-state index contributed by atoms with van der Waals surface area (Å²) in [6.07, 6.45) is 5.89. The van der Waals surface area contributed by atoms with Crippen molar-refractivity contribution in [3.63, 3.8) is 0 Å². The lowest BCUT2D eigenvalue weighted by atomic mass is 9.80. The first-order valence-electron chi connectivity index (χ1n) is 12.3. The van der Waals surface area contributed by atoms with Gasteiger partial charge in [-0.1, -0.05) is 24.3 Å². The summed E-state index contributed by atoms with van der Waals surface area (Å²) in [5.41, 5.74) is 5.52. The molecule has 0 saturated heterocycles. The second kappa shape index (κ2) is 8.92. The van der Waals surface area contributed by atoms with E-state index >= 15 is 0 Å². The summed E-state index contributed by atoms with van der Waals surface area (Å²) in [5.74, 6) is 0.956. The Morgan fingerprint density at radius 3 is 2.50 bits per heavy atom. The Bertz CT molecular complexity index is 906. The van der Waals surface area contributed by atoms with Crippen LogP contribution in [0.3, 0.4) is 0 Å². The molecule has 2 aliphatic carbocycles. The van der Waals surface area contributed by atoms with E-state index < -0.39 is 0 Å². The molecule has 0 bridgehead atoms. The average molecular weight is 438 g/mol. The molecule has 5 nitrogen and oxygen atoms in total. The average Bonchev–Trinajstić information content (AvgIpc) is 3.09. The minimum absolute atomic E-state index is 0.0144. The minimum Gasteiger partial charge on any atom is -0.335 e. The summed E-state index contributed by atoms with van der Waals surface area (Å²) in [6, 6.07) is 8.95. The van der Waals surface area contributed by atoms with Crippen LogP contribution in [0.5, 0.6) is 0 Å². The number of fused-ring (bicyclic) bond motifs is 2. The third kappa shape index (κ3) is 4.87. The summed E-state index contributed by atoms with van der Waals surface area (Å²) in [5, 5.41) is 3.03. The van der Waals surface area contributed by atoms with Crippen LogP contribution < -0.4 is 5.32 Å². The van der Waals surface area contributed by atoms with Crippen molar-refractivity contribution in [2.24, 2.45) is 11.8 Å². The summed E-state index contributed by atoms with van der Waals surface area (Å²) in [7, 11) is 1.87. The Hall–Kier alpha value is -2.30. The lowest BCUT2D eigenvalue weighted by Gasteiger charge is -2.39. The summed E-state index contributed by atoms with van der Waals surface area (Å²) in [4.78, 5) is 29.8. The number of benzene rings is 1. The number of urea groups is 1. The van der Waals surface area contributed by atoms with Gasteiger partial charge in [-0.2, -0.15) is 0 Å². The zero-order valence-electron chi connectivity index (χ0n) is 20.4. The van der Waals surface area contributed by atoms with E-state index in [9.17, 15) is 9.59 Å². The van der Waals surface area contributed by atoms with Crippen molar-refractivity contribution in [1.82, 2.24) is 15.1 Å². The zero-order valence-corrected chi connectivity index (χ0v) is 20.4. The van der Waals surface area contributed by atoms with Gasteiger partial charge in [0.2, 0.25) is 5.91 Å². The number of amides is 3. The highest BCUT2D eigenvalue weighted by Gasteiger charge is 2.37. The summed E-state index contributed by atoms with van der Waals surface area (Å²) in [6.45, 7) is 9.76. The van der Waals surface area contributed by atoms with Crippen molar-refractivity contribution >= 4 is 17.5 Å². The van der Waals surface area contributed by atoms with E-state index in [1.54, 1.807) is 4.90 Å². The Morgan fingerprint density at radius 1 is 1.12 bits per heavy atom. The molecule has 4 rings (SSSR count). The molecule has 1 aromatic carbocycles. The molecular formula is C27H39N3O2. The molecule has 0 spiro atoms. The van der Waals surface area contributed by atoms with E-state index in [0.717, 1.165) is 51.6 Å². The van der Waals surface area contributed by atoms with Crippen molar-refractivity contribution in [3.05, 3.63) is 41.0 Å². The van der Waals surface area contributed by atoms with Crippen LogP contribution in [-0.2, 0) is 11.2 Å². The number of rotatable bonds is 3. The molecule has 0 radical (unpaired) electrons. The van der Waals surface area contributed by atoms with E-state index in [2.05, 4.69) is 41.4 Å². The Morgan fingerprint density at radius 2 is 1.81 bits per heavy atom. The first-order chi connectivity index (χ1) is 15.1. The van der Waals surface area contributed by atoms with Gasteiger partial charge >= 0.3 is 6.03 Å². The van der Waals surface area contributed by atoms with Gasteiger partial charge < -0.3 is 15.1 Å². The van der Waals surface area contributed by atoms with Gasteiger partial charge in [0.25, 0.3) is 0 Å². The maximum atomic E-state index is 13.4. The summed E-state index contributed by atoms with van der Waals surface area (Å²) >= 11 is 0. The maximum Gasteiger partial charge on any atom is 0.317 e. The largest absolute Gasteiger partial charge is 0.335 e. The second-order valence-corrected chi connectivity index (χ2v) is 11.2. The number of carbonyl (C=O) groups is 2. The molecule has 1 N–H and O–H groups in total. The predicted molar refractivity (Wildman–Crippen MR) is 129 cm³/mol. The number of nitrogens with zero attached hydrogens (tertiary/aromatic N) is 2. The number of nitrogens with one attached hydrogen (secondary N) is 1. The van der Waals surface area contributed by atoms with Crippen molar-refractivity contribution in [3.8, 4) is 0 Å². The molecule has 1 atom stereocenters. The molecule has 1 fully saturated rings. The van der Waals surface area contributed by atoms with E-state index in [0.29, 0.717) is 11.8 Å². The SMILES string of the molecule is C[C@@H]1CC2=C(Cc3ccccc32)CN1C(=O)C1CCC(CN(C)C(=O)NC(C)(C)C)CC1. The molecule has 0 aromatic heterocycles. The molecular weight excluding hydrogens is 398 g/mol. The van der Waals surface area contributed by atoms with Gasteiger partial charge in [-0.3, -0.25) is 4.79 Å². The first kappa shape index (κ1) is 22.9. The van der Waals surface area contributed by atoms with Crippen molar-refractivity contribution < 1.29 is 9.59 Å². The normalized spacial score (nSPS) is 25.3. The van der Waals surface area contributed by atoms with Gasteiger partial charge in [-0.05, 0) is 94.4 Å². The predicted octanol–water partition coefficient (Wildman–Crippen LogP) is 4.86. The highest BCUT2D eigenvalue weighted by molar-refractivity contribution is 5.84. The molecule has 3 amide bonds. The van der Waals surface area contributed by atoms with Gasteiger partial charge in [-0.25, -0.2) is 4.79 Å². The number of hydrogen-bond donors (Lipinski definition) is 1. The molecule has 32 heavy (non-hydrogen) atoms. The van der Waals surface area contributed by atoms with Gasteiger partial charge in [0.1, 0.15) is 0 Å². The Labute approximate surface area is 193 Å². The third-order valence-corrected chi connectivity index (χ3v) is 7.41. The fourth-order valence-electron chi connectivity index (χ4n) is 5.68. The maximum absolute atomic E-state index is 13.4. The van der Waals surface area contributed by atoms with E-state index in [4.69, 9.17) is 0 Å². The molecule has 3 aliphatic rings. The molecule has 0 unspecified atom stereocenters. The Balaban J connectivity index is 1.30. The van der Waals surface area contributed by atoms with E-state index in [-0.39, 0.29) is 23.5 Å². The fourth-order valence-corrected chi connectivity index (χ4v) is 5.68. The zero-order chi connectivity index (χ0) is 23.0. The van der Waals surface area contributed by atoms with Crippen LogP contribution in [-0.4, -0.2) is 53.5 Å². The molecule has 1 saturated carbocycles. The van der Waals surface area contributed by atoms with Crippen LogP contribution >= 0.6 is 0 Å². The Kier molecular flexibility index (Phi) is 6.37. The fraction of sp³-hybridized carbons (Fsp3) is 0.630. The third-order valence-electron chi connectivity index (χ3n) is 7.41. The van der Waals surface area contributed by atoms with Crippen LogP contribution in [0, 0.1) is 11.8 Å². The van der Waals surface area contributed by atoms with E-state index in [1.807, 2.05) is 27.8 Å². The van der Waals surface area contributed by atoms with Gasteiger partial charge in [0.15, 0.2) is 0 Å². The molecule has 174 valence electrons. The smallest absolute Gasteiger partial charge is 0.317 e. The monoisotopic (exact) mass is 437 g/mol. The lowest BCUT2D eigenvalue weighted by molar-refractivity contribution is -0.138. The highest BCUT2D eigenvalue weighted by Crippen LogP contribution is 2.41. The van der Waals surface area contributed by atoms with Crippen molar-refractivity contribution in [2.45, 2.75) is 77.8 Å². The molecule has 1 aromatic rings. The number of carbonyl (C=O) groups excluding carboxylic acids is 2. The minimum atomic E-state index is -0.226. The topological polar surface area (TPSA) is 52.7 Å². The van der Waals surface area contributed by atoms with Crippen LogP contribution in [0.2, 0.25) is 0 Å². The summed E-state index contributed by atoms with van der Waals surface area (Å²) < 4.78 is 0. The quantitative estimate of drug-likeness (QED) is 0.734. The van der Waals surface area contributed by atoms with Gasteiger partial charge in [-0.15, -0.1) is 0 Å². The molecule has 5 heteroatoms. The van der Waals surface area contributed by atoms with Gasteiger partial charge in [0, 0.05) is 37.6 Å². The molecule has 1 aliphatic heterocycles. The highest BCUT2D eigenvalue weighted by atomic mass is 16.2. The number of hydrogen-bond acceptors (Lipinski definition) is 2. The standard InChI is InChI=1S/C27H39N3O2/c1-18-14-24-22(15-21-8-6-7-9-23(21)24)17-30(18)25(31)20-12-10-19(11-13-20)16-29(5)26(32)28-27(2,3)4/h6-9,18-20H,10-17H2,1-5H3,(H,28,32)/t18-,19?,20?/m1/s1.